The first-order valence-electron chi connectivity index (χ1n) is 7.71. The Morgan fingerprint density at radius 3 is 2.60 bits per heavy atom. The van der Waals surface area contributed by atoms with Gasteiger partial charge >= 0.3 is 0 Å². The van der Waals surface area contributed by atoms with Crippen LogP contribution in [0, 0.1) is 5.92 Å². The van der Waals surface area contributed by atoms with E-state index in [-0.39, 0.29) is 23.8 Å². The van der Waals surface area contributed by atoms with Crippen molar-refractivity contribution in [2.45, 2.75) is 59.0 Å². The number of rotatable bonds is 8. The number of hydrogen-bond donors (Lipinski definition) is 1. The third-order valence-electron chi connectivity index (χ3n) is 3.92. The van der Waals surface area contributed by atoms with Gasteiger partial charge in [0.05, 0.1) is 6.61 Å². The molecule has 1 saturated heterocycles. The number of nitrogens with zero attached hydrogens (tertiary/aromatic N) is 1. The van der Waals surface area contributed by atoms with E-state index < -0.39 is 6.04 Å². The summed E-state index contributed by atoms with van der Waals surface area (Å²) in [6, 6.07) is -0.795. The lowest BCUT2D eigenvalue weighted by molar-refractivity contribution is -0.151. The fraction of sp³-hybridized carbons (Fsp3) is 0.867. The van der Waals surface area contributed by atoms with Gasteiger partial charge in [0.2, 0.25) is 11.8 Å². The van der Waals surface area contributed by atoms with Gasteiger partial charge in [-0.05, 0) is 19.3 Å². The van der Waals surface area contributed by atoms with Gasteiger partial charge in [-0.3, -0.25) is 9.59 Å². The number of nitrogens with one attached hydrogen (secondary N) is 1. The molecular weight excluding hydrogens is 256 g/mol. The second-order valence-electron chi connectivity index (χ2n) is 5.56. The fourth-order valence-electron chi connectivity index (χ4n) is 2.44. The van der Waals surface area contributed by atoms with Gasteiger partial charge in [0.15, 0.2) is 0 Å². The van der Waals surface area contributed by atoms with Crippen LogP contribution in [0.1, 0.15) is 47.0 Å². The molecule has 0 aromatic rings. The SMILES string of the molecule is CCCCOCCN1C(=O)C(C)NC(=O)C1C(C)CC. The van der Waals surface area contributed by atoms with Gasteiger partial charge in [0, 0.05) is 13.2 Å². The van der Waals surface area contributed by atoms with Crippen LogP contribution in [0.25, 0.3) is 0 Å². The van der Waals surface area contributed by atoms with E-state index in [1.54, 1.807) is 11.8 Å². The van der Waals surface area contributed by atoms with Crippen molar-refractivity contribution in [3.8, 4) is 0 Å². The van der Waals surface area contributed by atoms with Gasteiger partial charge in [-0.15, -0.1) is 0 Å². The molecule has 0 spiro atoms. The smallest absolute Gasteiger partial charge is 0.245 e. The normalized spacial score (nSPS) is 24.7. The van der Waals surface area contributed by atoms with Gasteiger partial charge in [-0.2, -0.15) is 0 Å². The molecule has 3 atom stereocenters. The first-order chi connectivity index (χ1) is 9.52. The Labute approximate surface area is 122 Å². The van der Waals surface area contributed by atoms with Crippen molar-refractivity contribution in [3.63, 3.8) is 0 Å². The molecule has 5 heteroatoms. The Morgan fingerprint density at radius 1 is 1.30 bits per heavy atom. The molecule has 0 bridgehead atoms. The summed E-state index contributed by atoms with van der Waals surface area (Å²) in [6.45, 7) is 9.61. The number of carbonyl (C=O) groups excluding carboxylic acids is 2. The summed E-state index contributed by atoms with van der Waals surface area (Å²) >= 11 is 0. The molecule has 1 aliphatic rings. The maximum atomic E-state index is 12.3. The van der Waals surface area contributed by atoms with Gasteiger partial charge in [-0.1, -0.05) is 33.6 Å². The van der Waals surface area contributed by atoms with Crippen LogP contribution in [-0.4, -0.2) is 48.6 Å². The van der Waals surface area contributed by atoms with Gasteiger partial charge in [0.1, 0.15) is 12.1 Å². The standard InChI is InChI=1S/C15H28N2O3/c1-5-7-9-20-10-8-17-13(11(3)6-2)14(18)16-12(4)15(17)19/h11-13H,5-10H2,1-4H3,(H,16,18). The summed E-state index contributed by atoms with van der Waals surface area (Å²) in [6.07, 6.45) is 2.99. The molecule has 1 heterocycles. The van der Waals surface area contributed by atoms with Crippen molar-refractivity contribution < 1.29 is 14.3 Å². The Kier molecular flexibility index (Phi) is 6.99. The molecule has 1 rings (SSSR count). The highest BCUT2D eigenvalue weighted by Gasteiger charge is 2.40. The maximum absolute atomic E-state index is 12.3. The molecule has 1 fully saturated rings. The van der Waals surface area contributed by atoms with E-state index in [1.165, 1.54) is 0 Å². The van der Waals surface area contributed by atoms with E-state index in [1.807, 2.05) is 13.8 Å². The molecule has 0 radical (unpaired) electrons. The molecule has 3 unspecified atom stereocenters. The third kappa shape index (κ3) is 4.20. The summed E-state index contributed by atoms with van der Waals surface area (Å²) in [4.78, 5) is 26.1. The number of ether oxygens (including phenoxy) is 1. The summed E-state index contributed by atoms with van der Waals surface area (Å²) in [5.74, 6) is 0.107. The highest BCUT2D eigenvalue weighted by molar-refractivity contribution is 5.96. The van der Waals surface area contributed by atoms with Crippen molar-refractivity contribution in [1.29, 1.82) is 0 Å². The van der Waals surface area contributed by atoms with Crippen molar-refractivity contribution in [1.82, 2.24) is 10.2 Å². The predicted octanol–water partition coefficient (Wildman–Crippen LogP) is 1.56. The van der Waals surface area contributed by atoms with E-state index in [4.69, 9.17) is 4.74 Å². The third-order valence-corrected chi connectivity index (χ3v) is 3.92. The molecule has 0 aliphatic carbocycles. The lowest BCUT2D eigenvalue weighted by Gasteiger charge is -2.40. The van der Waals surface area contributed by atoms with Crippen LogP contribution < -0.4 is 5.32 Å². The molecule has 2 amide bonds. The summed E-state index contributed by atoms with van der Waals surface area (Å²) < 4.78 is 5.53. The average molecular weight is 284 g/mol. The monoisotopic (exact) mass is 284 g/mol. The molecule has 20 heavy (non-hydrogen) atoms. The number of unbranched alkanes of at least 4 members (excludes halogenated alkanes) is 1. The van der Waals surface area contributed by atoms with Crippen molar-refractivity contribution in [2.24, 2.45) is 5.92 Å². The van der Waals surface area contributed by atoms with Crippen LogP contribution in [0.2, 0.25) is 0 Å². The minimum absolute atomic E-state index is 0.00556. The van der Waals surface area contributed by atoms with Crippen molar-refractivity contribution in [3.05, 3.63) is 0 Å². The molecule has 0 aromatic heterocycles. The van der Waals surface area contributed by atoms with Gasteiger partial charge in [0.25, 0.3) is 0 Å². The minimum Gasteiger partial charge on any atom is -0.380 e. The topological polar surface area (TPSA) is 58.6 Å². The Hall–Kier alpha value is -1.10. The highest BCUT2D eigenvalue weighted by atomic mass is 16.5. The van der Waals surface area contributed by atoms with Crippen LogP contribution in [-0.2, 0) is 14.3 Å². The first kappa shape index (κ1) is 17.0. The van der Waals surface area contributed by atoms with E-state index in [0.717, 1.165) is 19.3 Å². The van der Waals surface area contributed by atoms with Crippen LogP contribution in [0.5, 0.6) is 0 Å². The summed E-state index contributed by atoms with van der Waals surface area (Å²) in [5, 5.41) is 2.76. The van der Waals surface area contributed by atoms with Gasteiger partial charge < -0.3 is 15.0 Å². The summed E-state index contributed by atoms with van der Waals surface area (Å²) in [7, 11) is 0. The second kappa shape index (κ2) is 8.25. The van der Waals surface area contributed by atoms with Crippen LogP contribution in [0.15, 0.2) is 0 Å². The first-order valence-corrected chi connectivity index (χ1v) is 7.71. The minimum atomic E-state index is -0.432. The van der Waals surface area contributed by atoms with Crippen LogP contribution >= 0.6 is 0 Å². The molecule has 5 nitrogen and oxygen atoms in total. The second-order valence-corrected chi connectivity index (χ2v) is 5.56. The largest absolute Gasteiger partial charge is 0.380 e. The average Bonchev–Trinajstić information content (AvgIpc) is 2.43. The quantitative estimate of drug-likeness (QED) is 0.688. The Balaban J connectivity index is 2.63. The predicted molar refractivity (Wildman–Crippen MR) is 78.3 cm³/mol. The van der Waals surface area contributed by atoms with Crippen LogP contribution in [0.3, 0.4) is 0 Å². The molecule has 1 aliphatic heterocycles. The maximum Gasteiger partial charge on any atom is 0.245 e. The van der Waals surface area contributed by atoms with E-state index in [9.17, 15) is 9.59 Å². The number of carbonyl (C=O) groups is 2. The Bertz CT molecular complexity index is 333. The zero-order chi connectivity index (χ0) is 15.1. The molecule has 116 valence electrons. The number of hydrogen-bond acceptors (Lipinski definition) is 3. The molecular formula is C15H28N2O3. The highest BCUT2D eigenvalue weighted by Crippen LogP contribution is 2.19. The number of piperazine rings is 1. The number of amides is 2. The van der Waals surface area contributed by atoms with Crippen molar-refractivity contribution in [2.75, 3.05) is 19.8 Å². The summed E-state index contributed by atoms with van der Waals surface area (Å²) in [5.41, 5.74) is 0. The lowest BCUT2D eigenvalue weighted by atomic mass is 9.93. The lowest BCUT2D eigenvalue weighted by Crippen LogP contribution is -2.64. The van der Waals surface area contributed by atoms with E-state index >= 15 is 0 Å². The van der Waals surface area contributed by atoms with Crippen LogP contribution in [0.4, 0.5) is 0 Å². The van der Waals surface area contributed by atoms with Gasteiger partial charge in [-0.25, -0.2) is 0 Å². The zero-order valence-corrected chi connectivity index (χ0v) is 13.1. The molecule has 0 saturated carbocycles. The zero-order valence-electron chi connectivity index (χ0n) is 13.1. The van der Waals surface area contributed by atoms with E-state index in [2.05, 4.69) is 12.2 Å². The molecule has 0 aromatic carbocycles. The fourth-order valence-corrected chi connectivity index (χ4v) is 2.44. The molecule has 1 N–H and O–H groups in total. The Morgan fingerprint density at radius 2 is 2.00 bits per heavy atom. The van der Waals surface area contributed by atoms with E-state index in [0.29, 0.717) is 19.8 Å². The van der Waals surface area contributed by atoms with Crippen molar-refractivity contribution >= 4 is 11.8 Å².